The predicted octanol–water partition coefficient (Wildman–Crippen LogP) is 3.20. The molecule has 0 saturated heterocycles. The zero-order valence-electron chi connectivity index (χ0n) is 10.1. The van der Waals surface area contributed by atoms with Crippen LogP contribution < -0.4 is 0 Å². The highest BCUT2D eigenvalue weighted by Crippen LogP contribution is 2.41. The predicted molar refractivity (Wildman–Crippen MR) is 66.6 cm³/mol. The average Bonchev–Trinajstić information content (AvgIpc) is 2.51. The molecule has 84 valence electrons. The molecule has 1 heterocycles. The number of hydrogen-bond donors (Lipinski definition) is 0. The molecule has 16 heavy (non-hydrogen) atoms. The molecule has 0 spiro atoms. The Morgan fingerprint density at radius 3 is 2.75 bits per heavy atom. The number of carbonyl (C=O) groups excluding carboxylic acids is 1. The highest BCUT2D eigenvalue weighted by molar-refractivity contribution is 6.06. The minimum absolute atomic E-state index is 0.0958. The third-order valence-electron chi connectivity index (χ3n) is 3.40. The first-order valence-electron chi connectivity index (χ1n) is 5.74. The van der Waals surface area contributed by atoms with E-state index in [2.05, 4.69) is 44.0 Å². The van der Waals surface area contributed by atoms with E-state index in [4.69, 9.17) is 0 Å². The maximum absolute atomic E-state index is 10.6. The van der Waals surface area contributed by atoms with Crippen molar-refractivity contribution in [1.29, 1.82) is 0 Å². The quantitative estimate of drug-likeness (QED) is 0.712. The van der Waals surface area contributed by atoms with E-state index in [1.807, 2.05) is 0 Å². The molecule has 0 aromatic heterocycles. The Morgan fingerprint density at radius 2 is 2.12 bits per heavy atom. The maximum Gasteiger partial charge on any atom is 0.125 e. The van der Waals surface area contributed by atoms with Gasteiger partial charge in [0, 0.05) is 17.5 Å². The lowest BCUT2D eigenvalue weighted by atomic mass is 9.80. The van der Waals surface area contributed by atoms with Crippen molar-refractivity contribution >= 4 is 17.7 Å². The highest BCUT2D eigenvalue weighted by atomic mass is 16.1. The maximum atomic E-state index is 10.6. The summed E-state index contributed by atoms with van der Waals surface area (Å²) < 4.78 is 0. The average molecular weight is 215 g/mol. The van der Waals surface area contributed by atoms with Crippen molar-refractivity contribution in [3.05, 3.63) is 29.3 Å². The number of hydrogen-bond acceptors (Lipinski definition) is 2. The van der Waals surface area contributed by atoms with E-state index in [9.17, 15) is 4.79 Å². The van der Waals surface area contributed by atoms with Crippen LogP contribution in [0.3, 0.4) is 0 Å². The molecule has 0 saturated carbocycles. The minimum Gasteiger partial charge on any atom is -0.303 e. The summed E-state index contributed by atoms with van der Waals surface area (Å²) in [7, 11) is 0. The number of aldehydes is 1. The van der Waals surface area contributed by atoms with Crippen molar-refractivity contribution in [3.8, 4) is 0 Å². The van der Waals surface area contributed by atoms with E-state index in [0.717, 1.165) is 24.1 Å². The molecule has 1 aromatic rings. The van der Waals surface area contributed by atoms with E-state index in [1.165, 1.54) is 11.1 Å². The SMILES string of the molecule is CCc1ccc2c(c1)C(C)(C)C(CC=O)=N2. The lowest BCUT2D eigenvalue weighted by Crippen LogP contribution is -2.25. The fourth-order valence-corrected chi connectivity index (χ4v) is 2.22. The Morgan fingerprint density at radius 1 is 1.38 bits per heavy atom. The molecular formula is C14H17NO. The molecule has 2 heteroatoms. The van der Waals surface area contributed by atoms with Gasteiger partial charge in [0.2, 0.25) is 0 Å². The molecule has 0 atom stereocenters. The first-order chi connectivity index (χ1) is 7.59. The molecule has 2 nitrogen and oxygen atoms in total. The zero-order valence-corrected chi connectivity index (χ0v) is 10.1. The molecule has 1 aliphatic rings. The second-order valence-electron chi connectivity index (χ2n) is 4.76. The summed E-state index contributed by atoms with van der Waals surface area (Å²) in [4.78, 5) is 15.2. The highest BCUT2D eigenvalue weighted by Gasteiger charge is 2.34. The van der Waals surface area contributed by atoms with Crippen LogP contribution in [-0.4, -0.2) is 12.0 Å². The van der Waals surface area contributed by atoms with E-state index >= 15 is 0 Å². The number of rotatable bonds is 3. The van der Waals surface area contributed by atoms with Gasteiger partial charge in [-0.2, -0.15) is 0 Å². The second kappa shape index (κ2) is 3.85. The Bertz CT molecular complexity index is 458. The molecule has 1 aromatic carbocycles. The van der Waals surface area contributed by atoms with Crippen molar-refractivity contribution < 1.29 is 4.79 Å². The van der Waals surface area contributed by atoms with Gasteiger partial charge in [0.05, 0.1) is 5.69 Å². The fraction of sp³-hybridized carbons (Fsp3) is 0.429. The molecule has 0 unspecified atom stereocenters. The van der Waals surface area contributed by atoms with Crippen LogP contribution in [0.1, 0.15) is 38.3 Å². The number of benzene rings is 1. The molecular weight excluding hydrogens is 198 g/mol. The van der Waals surface area contributed by atoms with E-state index < -0.39 is 0 Å². The zero-order chi connectivity index (χ0) is 11.8. The van der Waals surface area contributed by atoms with Crippen LogP contribution in [0.5, 0.6) is 0 Å². The number of nitrogens with zero attached hydrogens (tertiary/aromatic N) is 1. The van der Waals surface area contributed by atoms with Gasteiger partial charge in [0.1, 0.15) is 6.29 Å². The molecule has 0 amide bonds. The summed E-state index contributed by atoms with van der Waals surface area (Å²) in [6.45, 7) is 6.43. The third kappa shape index (κ3) is 1.58. The van der Waals surface area contributed by atoms with Crippen LogP contribution in [0.15, 0.2) is 23.2 Å². The monoisotopic (exact) mass is 215 g/mol. The summed E-state index contributed by atoms with van der Waals surface area (Å²) >= 11 is 0. The smallest absolute Gasteiger partial charge is 0.125 e. The Kier molecular flexibility index (Phi) is 2.66. The molecule has 0 radical (unpaired) electrons. The lowest BCUT2D eigenvalue weighted by molar-refractivity contribution is -0.106. The molecule has 0 bridgehead atoms. The van der Waals surface area contributed by atoms with Gasteiger partial charge < -0.3 is 4.79 Å². The van der Waals surface area contributed by atoms with Crippen molar-refractivity contribution in [2.45, 2.75) is 39.0 Å². The fourth-order valence-electron chi connectivity index (χ4n) is 2.22. The van der Waals surface area contributed by atoms with E-state index in [-0.39, 0.29) is 5.41 Å². The van der Waals surface area contributed by atoms with Gasteiger partial charge in [-0.3, -0.25) is 4.99 Å². The Labute approximate surface area is 96.4 Å². The van der Waals surface area contributed by atoms with Crippen LogP contribution in [0.4, 0.5) is 5.69 Å². The normalized spacial score (nSPS) is 16.8. The summed E-state index contributed by atoms with van der Waals surface area (Å²) in [6.07, 6.45) is 2.41. The second-order valence-corrected chi connectivity index (χ2v) is 4.76. The van der Waals surface area contributed by atoms with E-state index in [1.54, 1.807) is 0 Å². The third-order valence-corrected chi connectivity index (χ3v) is 3.40. The number of aryl methyl sites for hydroxylation is 1. The number of aliphatic imine (C=N–C) groups is 1. The molecule has 0 aliphatic carbocycles. The van der Waals surface area contributed by atoms with Crippen molar-refractivity contribution in [2.75, 3.05) is 0 Å². The van der Waals surface area contributed by atoms with Crippen LogP contribution in [0.2, 0.25) is 0 Å². The molecule has 0 N–H and O–H groups in total. The lowest BCUT2D eigenvalue weighted by Gasteiger charge is -2.21. The van der Waals surface area contributed by atoms with Gasteiger partial charge in [-0.15, -0.1) is 0 Å². The van der Waals surface area contributed by atoms with Crippen LogP contribution in [0.25, 0.3) is 0 Å². The van der Waals surface area contributed by atoms with Crippen molar-refractivity contribution in [2.24, 2.45) is 4.99 Å². The van der Waals surface area contributed by atoms with Gasteiger partial charge in [0.25, 0.3) is 0 Å². The molecule has 2 rings (SSSR count). The first kappa shape index (κ1) is 11.1. The molecule has 1 aliphatic heterocycles. The van der Waals surface area contributed by atoms with E-state index in [0.29, 0.717) is 6.42 Å². The largest absolute Gasteiger partial charge is 0.303 e. The summed E-state index contributed by atoms with van der Waals surface area (Å²) in [5, 5.41) is 0. The number of fused-ring (bicyclic) bond motifs is 1. The Balaban J connectivity index is 2.48. The molecule has 0 fully saturated rings. The van der Waals surface area contributed by atoms with Gasteiger partial charge in [-0.25, -0.2) is 0 Å². The van der Waals surface area contributed by atoms with Crippen molar-refractivity contribution in [3.63, 3.8) is 0 Å². The van der Waals surface area contributed by atoms with Gasteiger partial charge in [0.15, 0.2) is 0 Å². The Hall–Kier alpha value is -1.44. The van der Waals surface area contributed by atoms with Gasteiger partial charge >= 0.3 is 0 Å². The topological polar surface area (TPSA) is 29.4 Å². The van der Waals surface area contributed by atoms with Crippen LogP contribution in [-0.2, 0) is 16.6 Å². The minimum atomic E-state index is -0.0958. The summed E-state index contributed by atoms with van der Waals surface area (Å²) in [5.74, 6) is 0. The summed E-state index contributed by atoms with van der Waals surface area (Å²) in [5.41, 5.74) is 4.49. The summed E-state index contributed by atoms with van der Waals surface area (Å²) in [6, 6.07) is 6.40. The standard InChI is InChI=1S/C14H17NO/c1-4-10-5-6-12-11(9-10)14(2,3)13(15-12)7-8-16/h5-6,8-9H,4,7H2,1-3H3. The number of carbonyl (C=O) groups is 1. The van der Waals surface area contributed by atoms with Crippen molar-refractivity contribution in [1.82, 2.24) is 0 Å². The van der Waals surface area contributed by atoms with Crippen LogP contribution >= 0.6 is 0 Å². The van der Waals surface area contributed by atoms with Gasteiger partial charge in [-0.1, -0.05) is 32.9 Å². The van der Waals surface area contributed by atoms with Crippen LogP contribution in [0, 0.1) is 0 Å². The first-order valence-corrected chi connectivity index (χ1v) is 5.74. The van der Waals surface area contributed by atoms with Gasteiger partial charge in [-0.05, 0) is 23.6 Å².